The molecule has 130 valence electrons. The first-order chi connectivity index (χ1) is 11.6. The van der Waals surface area contributed by atoms with Crippen LogP contribution < -0.4 is 14.8 Å². The Bertz CT molecular complexity index is 621. The van der Waals surface area contributed by atoms with E-state index in [9.17, 15) is 0 Å². The van der Waals surface area contributed by atoms with Crippen LogP contribution in [-0.4, -0.2) is 20.3 Å². The van der Waals surface area contributed by atoms with Gasteiger partial charge in [-0.05, 0) is 54.8 Å². The summed E-state index contributed by atoms with van der Waals surface area (Å²) < 4.78 is 10.7. The van der Waals surface area contributed by atoms with Crippen LogP contribution in [0.1, 0.15) is 24.5 Å². The molecule has 0 aliphatic carbocycles. The maximum atomic E-state index is 6.26. The zero-order valence-corrected chi connectivity index (χ0v) is 15.6. The molecule has 0 aromatic heterocycles. The van der Waals surface area contributed by atoms with Crippen molar-refractivity contribution >= 4 is 23.2 Å². The molecule has 0 bridgehead atoms. The number of hydrogen-bond acceptors (Lipinski definition) is 3. The summed E-state index contributed by atoms with van der Waals surface area (Å²) in [4.78, 5) is 0. The first-order valence-corrected chi connectivity index (χ1v) is 8.84. The molecule has 0 fully saturated rings. The molecule has 0 aliphatic heterocycles. The van der Waals surface area contributed by atoms with E-state index in [2.05, 4.69) is 17.4 Å². The molecule has 2 aromatic carbocycles. The fourth-order valence-corrected chi connectivity index (χ4v) is 2.96. The van der Waals surface area contributed by atoms with Crippen molar-refractivity contribution in [3.63, 3.8) is 0 Å². The minimum atomic E-state index is 0.558. The second kappa shape index (κ2) is 9.77. The minimum absolute atomic E-state index is 0.558. The molecule has 2 aromatic rings. The van der Waals surface area contributed by atoms with Gasteiger partial charge in [0.25, 0.3) is 0 Å². The van der Waals surface area contributed by atoms with E-state index in [1.54, 1.807) is 7.11 Å². The van der Waals surface area contributed by atoms with Gasteiger partial charge in [0.15, 0.2) is 5.75 Å². The molecule has 0 amide bonds. The van der Waals surface area contributed by atoms with Crippen molar-refractivity contribution in [1.82, 2.24) is 5.32 Å². The Morgan fingerprint density at radius 1 is 1.00 bits per heavy atom. The van der Waals surface area contributed by atoms with E-state index in [1.165, 1.54) is 5.56 Å². The highest BCUT2D eigenvalue weighted by molar-refractivity contribution is 6.37. The van der Waals surface area contributed by atoms with Gasteiger partial charge in [-0.2, -0.15) is 0 Å². The third-order valence-electron chi connectivity index (χ3n) is 3.59. The van der Waals surface area contributed by atoms with Gasteiger partial charge in [0.2, 0.25) is 0 Å². The molecule has 0 saturated heterocycles. The third kappa shape index (κ3) is 5.59. The highest BCUT2D eigenvalue weighted by Gasteiger charge is 2.09. The van der Waals surface area contributed by atoms with Gasteiger partial charge in [0.1, 0.15) is 5.75 Å². The standard InChI is InChI=1S/C19H23Cl2NO2/c1-3-10-24-19-17(20)11-15(12-18(19)21)13-22-9-8-14-4-6-16(23-2)7-5-14/h4-7,11-12,22H,3,8-10,13H2,1-2H3. The lowest BCUT2D eigenvalue weighted by molar-refractivity contribution is 0.317. The zero-order valence-electron chi connectivity index (χ0n) is 14.1. The van der Waals surface area contributed by atoms with Gasteiger partial charge in [-0.25, -0.2) is 0 Å². The molecule has 5 heteroatoms. The van der Waals surface area contributed by atoms with Crippen molar-refractivity contribution in [2.75, 3.05) is 20.3 Å². The molecule has 1 N–H and O–H groups in total. The van der Waals surface area contributed by atoms with Gasteiger partial charge < -0.3 is 14.8 Å². The number of ether oxygens (including phenoxy) is 2. The second-order valence-electron chi connectivity index (χ2n) is 5.51. The lowest BCUT2D eigenvalue weighted by Crippen LogP contribution is -2.16. The summed E-state index contributed by atoms with van der Waals surface area (Å²) in [7, 11) is 1.67. The summed E-state index contributed by atoms with van der Waals surface area (Å²) in [5.41, 5.74) is 2.31. The smallest absolute Gasteiger partial charge is 0.156 e. The predicted octanol–water partition coefficient (Wildman–Crippen LogP) is 5.12. The number of halogens is 2. The van der Waals surface area contributed by atoms with Crippen LogP contribution in [0.5, 0.6) is 11.5 Å². The van der Waals surface area contributed by atoms with Crippen LogP contribution in [0.15, 0.2) is 36.4 Å². The SMILES string of the molecule is CCCOc1c(Cl)cc(CNCCc2ccc(OC)cc2)cc1Cl. The molecule has 3 nitrogen and oxygen atoms in total. The quantitative estimate of drug-likeness (QED) is 0.623. The van der Waals surface area contributed by atoms with Crippen LogP contribution in [0.3, 0.4) is 0 Å². The number of nitrogens with one attached hydrogen (secondary N) is 1. The lowest BCUT2D eigenvalue weighted by Gasteiger charge is -2.12. The predicted molar refractivity (Wildman–Crippen MR) is 101 cm³/mol. The molecule has 0 saturated carbocycles. The Morgan fingerprint density at radius 2 is 1.67 bits per heavy atom. The van der Waals surface area contributed by atoms with Crippen molar-refractivity contribution in [3.8, 4) is 11.5 Å². The van der Waals surface area contributed by atoms with Crippen LogP contribution >= 0.6 is 23.2 Å². The van der Waals surface area contributed by atoms with Crippen molar-refractivity contribution < 1.29 is 9.47 Å². The molecule has 24 heavy (non-hydrogen) atoms. The Morgan fingerprint density at radius 3 is 2.25 bits per heavy atom. The topological polar surface area (TPSA) is 30.5 Å². The van der Waals surface area contributed by atoms with Crippen LogP contribution in [0.25, 0.3) is 0 Å². The van der Waals surface area contributed by atoms with Crippen LogP contribution in [0.2, 0.25) is 10.0 Å². The van der Waals surface area contributed by atoms with E-state index in [4.69, 9.17) is 32.7 Å². The highest BCUT2D eigenvalue weighted by Crippen LogP contribution is 2.34. The molecule has 0 aliphatic rings. The summed E-state index contributed by atoms with van der Waals surface area (Å²) in [6, 6.07) is 11.9. The number of hydrogen-bond donors (Lipinski definition) is 1. The van der Waals surface area contributed by atoms with Gasteiger partial charge in [0, 0.05) is 6.54 Å². The summed E-state index contributed by atoms with van der Waals surface area (Å²) in [5, 5.41) is 4.52. The van der Waals surface area contributed by atoms with E-state index < -0.39 is 0 Å². The second-order valence-corrected chi connectivity index (χ2v) is 6.33. The van der Waals surface area contributed by atoms with Gasteiger partial charge >= 0.3 is 0 Å². The largest absolute Gasteiger partial charge is 0.497 e. The first kappa shape index (κ1) is 18.9. The van der Waals surface area contributed by atoms with Gasteiger partial charge in [-0.1, -0.05) is 42.3 Å². The molecular weight excluding hydrogens is 345 g/mol. The fraction of sp³-hybridized carbons (Fsp3) is 0.368. The first-order valence-electron chi connectivity index (χ1n) is 8.08. The van der Waals surface area contributed by atoms with Crippen LogP contribution in [-0.2, 0) is 13.0 Å². The van der Waals surface area contributed by atoms with Gasteiger partial charge in [-0.15, -0.1) is 0 Å². The maximum Gasteiger partial charge on any atom is 0.156 e. The Hall–Kier alpha value is -1.42. The summed E-state index contributed by atoms with van der Waals surface area (Å²) in [6.45, 7) is 4.24. The van der Waals surface area contributed by atoms with E-state index >= 15 is 0 Å². The van der Waals surface area contributed by atoms with Crippen molar-refractivity contribution in [2.24, 2.45) is 0 Å². The summed E-state index contributed by atoms with van der Waals surface area (Å²) in [6.07, 6.45) is 1.87. The molecule has 0 radical (unpaired) electrons. The molecular formula is C19H23Cl2NO2. The Labute approximate surface area is 153 Å². The number of benzene rings is 2. The van der Waals surface area contributed by atoms with Gasteiger partial charge in [0.05, 0.1) is 23.8 Å². The molecule has 2 rings (SSSR count). The van der Waals surface area contributed by atoms with E-state index in [0.717, 1.165) is 30.7 Å². The minimum Gasteiger partial charge on any atom is -0.497 e. The fourth-order valence-electron chi connectivity index (χ4n) is 2.31. The third-order valence-corrected chi connectivity index (χ3v) is 4.15. The average Bonchev–Trinajstić information content (AvgIpc) is 2.58. The maximum absolute atomic E-state index is 6.26. The monoisotopic (exact) mass is 367 g/mol. The van der Waals surface area contributed by atoms with Crippen molar-refractivity contribution in [3.05, 3.63) is 57.6 Å². The van der Waals surface area contributed by atoms with E-state index in [-0.39, 0.29) is 0 Å². The molecule has 0 heterocycles. The van der Waals surface area contributed by atoms with Crippen molar-refractivity contribution in [1.29, 1.82) is 0 Å². The van der Waals surface area contributed by atoms with Crippen molar-refractivity contribution in [2.45, 2.75) is 26.3 Å². The van der Waals surface area contributed by atoms with E-state index in [1.807, 2.05) is 31.2 Å². The summed E-state index contributed by atoms with van der Waals surface area (Å²) in [5.74, 6) is 1.45. The molecule has 0 spiro atoms. The number of rotatable bonds is 9. The Kier molecular flexibility index (Phi) is 7.70. The van der Waals surface area contributed by atoms with Crippen LogP contribution in [0.4, 0.5) is 0 Å². The molecule has 0 unspecified atom stereocenters. The lowest BCUT2D eigenvalue weighted by atomic mass is 10.1. The van der Waals surface area contributed by atoms with E-state index in [0.29, 0.717) is 28.9 Å². The van der Waals surface area contributed by atoms with Crippen LogP contribution in [0, 0.1) is 0 Å². The average molecular weight is 368 g/mol. The summed E-state index contributed by atoms with van der Waals surface area (Å²) >= 11 is 12.5. The normalized spacial score (nSPS) is 10.7. The number of methoxy groups -OCH3 is 1. The zero-order chi connectivity index (χ0) is 17.4. The highest BCUT2D eigenvalue weighted by atomic mass is 35.5. The molecule has 0 atom stereocenters. The Balaban J connectivity index is 1.83. The van der Waals surface area contributed by atoms with Gasteiger partial charge in [-0.3, -0.25) is 0 Å².